The smallest absolute Gasteiger partial charge is 0.387 e. The van der Waals surface area contributed by atoms with Crippen LogP contribution >= 0.6 is 0 Å². The average Bonchev–Trinajstić information content (AvgIpc) is 2.38. The molecular formula is C13H18F2O4S. The van der Waals surface area contributed by atoms with E-state index in [2.05, 4.69) is 4.74 Å². The van der Waals surface area contributed by atoms with Gasteiger partial charge in [0.05, 0.1) is 11.9 Å². The van der Waals surface area contributed by atoms with E-state index in [4.69, 9.17) is 0 Å². The number of hydrogen-bond acceptors (Lipinski definition) is 4. The van der Waals surface area contributed by atoms with Crippen LogP contribution in [-0.2, 0) is 9.84 Å². The molecule has 1 atom stereocenters. The van der Waals surface area contributed by atoms with Gasteiger partial charge >= 0.3 is 6.61 Å². The predicted molar refractivity (Wildman–Crippen MR) is 71.6 cm³/mol. The number of benzene rings is 1. The second kappa shape index (κ2) is 7.54. The number of aliphatic hydroxyl groups is 1. The lowest BCUT2D eigenvalue weighted by atomic mass is 10.1. The highest BCUT2D eigenvalue weighted by atomic mass is 32.2. The topological polar surface area (TPSA) is 63.6 Å². The Morgan fingerprint density at radius 1 is 1.35 bits per heavy atom. The summed E-state index contributed by atoms with van der Waals surface area (Å²) in [6.07, 6.45) is -0.336. The molecule has 0 saturated heterocycles. The lowest BCUT2D eigenvalue weighted by molar-refractivity contribution is -0.0499. The third-order valence-electron chi connectivity index (χ3n) is 2.84. The molecule has 0 fully saturated rings. The Morgan fingerprint density at radius 3 is 2.65 bits per heavy atom. The summed E-state index contributed by atoms with van der Waals surface area (Å²) >= 11 is 0. The van der Waals surface area contributed by atoms with E-state index in [1.54, 1.807) is 13.0 Å². The van der Waals surface area contributed by atoms with Crippen LogP contribution in [0.5, 0.6) is 5.75 Å². The molecule has 0 aliphatic rings. The fraction of sp³-hybridized carbons (Fsp3) is 0.538. The number of rotatable bonds is 8. The standard InChI is InChI=1S/C13H18F2O4S/c1-2-20(17,18)8-4-7-12(16)10-5-3-6-11(9-10)19-13(14)15/h3,5-6,9,12-13,16H,2,4,7-8H2,1H3. The maximum absolute atomic E-state index is 12.1. The molecule has 114 valence electrons. The summed E-state index contributed by atoms with van der Waals surface area (Å²) in [5, 5.41) is 9.91. The van der Waals surface area contributed by atoms with Gasteiger partial charge in [-0.05, 0) is 30.5 Å². The molecule has 0 spiro atoms. The summed E-state index contributed by atoms with van der Waals surface area (Å²) in [5.41, 5.74) is 0.428. The van der Waals surface area contributed by atoms with Crippen LogP contribution in [0.2, 0.25) is 0 Å². The number of hydrogen-bond donors (Lipinski definition) is 1. The zero-order valence-corrected chi connectivity index (χ0v) is 11.9. The molecule has 0 bridgehead atoms. The number of halogens is 2. The largest absolute Gasteiger partial charge is 0.435 e. The van der Waals surface area contributed by atoms with E-state index in [1.165, 1.54) is 18.2 Å². The molecule has 20 heavy (non-hydrogen) atoms. The van der Waals surface area contributed by atoms with E-state index in [9.17, 15) is 22.3 Å². The SMILES string of the molecule is CCS(=O)(=O)CCCC(O)c1cccc(OC(F)F)c1. The minimum absolute atomic E-state index is 0.00772. The van der Waals surface area contributed by atoms with Crippen LogP contribution in [0.25, 0.3) is 0 Å². The highest BCUT2D eigenvalue weighted by molar-refractivity contribution is 7.91. The monoisotopic (exact) mass is 308 g/mol. The summed E-state index contributed by atoms with van der Waals surface area (Å²) < 4.78 is 51.0. The van der Waals surface area contributed by atoms with Crippen molar-refractivity contribution in [1.82, 2.24) is 0 Å². The fourth-order valence-corrected chi connectivity index (χ4v) is 2.60. The van der Waals surface area contributed by atoms with Crippen molar-refractivity contribution in [3.63, 3.8) is 0 Å². The van der Waals surface area contributed by atoms with Crippen LogP contribution in [0.1, 0.15) is 31.4 Å². The quantitative estimate of drug-likeness (QED) is 0.801. The van der Waals surface area contributed by atoms with Gasteiger partial charge in [0.1, 0.15) is 15.6 Å². The Morgan fingerprint density at radius 2 is 2.05 bits per heavy atom. The summed E-state index contributed by atoms with van der Waals surface area (Å²) in [6, 6.07) is 5.77. The van der Waals surface area contributed by atoms with Gasteiger partial charge in [-0.3, -0.25) is 0 Å². The molecule has 0 aromatic heterocycles. The molecule has 1 aromatic rings. The van der Waals surface area contributed by atoms with Crippen molar-refractivity contribution in [3.05, 3.63) is 29.8 Å². The minimum Gasteiger partial charge on any atom is -0.435 e. The van der Waals surface area contributed by atoms with Gasteiger partial charge in [0, 0.05) is 5.75 Å². The van der Waals surface area contributed by atoms with Gasteiger partial charge in [0.2, 0.25) is 0 Å². The van der Waals surface area contributed by atoms with Crippen LogP contribution in [-0.4, -0.2) is 31.6 Å². The zero-order valence-electron chi connectivity index (χ0n) is 11.1. The molecule has 7 heteroatoms. The van der Waals surface area contributed by atoms with E-state index in [0.717, 1.165) is 0 Å². The third kappa shape index (κ3) is 5.83. The summed E-state index contributed by atoms with van der Waals surface area (Å²) in [5.74, 6) is 0.0481. The number of sulfone groups is 1. The van der Waals surface area contributed by atoms with Crippen molar-refractivity contribution in [2.45, 2.75) is 32.5 Å². The van der Waals surface area contributed by atoms with Gasteiger partial charge in [-0.2, -0.15) is 8.78 Å². The first-order valence-corrected chi connectivity index (χ1v) is 8.09. The predicted octanol–water partition coefficient (Wildman–Crippen LogP) is 2.54. The van der Waals surface area contributed by atoms with Gasteiger partial charge in [-0.15, -0.1) is 0 Å². The van der Waals surface area contributed by atoms with E-state index in [-0.39, 0.29) is 23.7 Å². The van der Waals surface area contributed by atoms with Crippen molar-refractivity contribution in [1.29, 1.82) is 0 Å². The molecular weight excluding hydrogens is 290 g/mol. The van der Waals surface area contributed by atoms with Crippen molar-refractivity contribution in [2.24, 2.45) is 0 Å². The first-order valence-electron chi connectivity index (χ1n) is 6.27. The fourth-order valence-electron chi connectivity index (χ4n) is 1.71. The van der Waals surface area contributed by atoms with Crippen molar-refractivity contribution in [2.75, 3.05) is 11.5 Å². The van der Waals surface area contributed by atoms with Gasteiger partial charge in [-0.25, -0.2) is 8.42 Å². The van der Waals surface area contributed by atoms with E-state index in [0.29, 0.717) is 12.0 Å². The molecule has 1 rings (SSSR count). The van der Waals surface area contributed by atoms with E-state index < -0.39 is 22.6 Å². The van der Waals surface area contributed by atoms with E-state index in [1.807, 2.05) is 0 Å². The van der Waals surface area contributed by atoms with Crippen LogP contribution in [0, 0.1) is 0 Å². The van der Waals surface area contributed by atoms with Crippen molar-refractivity contribution in [3.8, 4) is 5.75 Å². The van der Waals surface area contributed by atoms with Gasteiger partial charge in [-0.1, -0.05) is 19.1 Å². The molecule has 0 aliphatic carbocycles. The molecule has 0 amide bonds. The first-order chi connectivity index (χ1) is 9.34. The second-order valence-electron chi connectivity index (χ2n) is 4.35. The normalized spacial score (nSPS) is 13.4. The maximum Gasteiger partial charge on any atom is 0.387 e. The van der Waals surface area contributed by atoms with Gasteiger partial charge < -0.3 is 9.84 Å². The molecule has 0 radical (unpaired) electrons. The molecule has 0 aliphatic heterocycles. The zero-order chi connectivity index (χ0) is 15.2. The Bertz CT molecular complexity index is 517. The van der Waals surface area contributed by atoms with Crippen LogP contribution < -0.4 is 4.74 Å². The molecule has 0 saturated carbocycles. The summed E-state index contributed by atoms with van der Waals surface area (Å²) in [6.45, 7) is -1.35. The summed E-state index contributed by atoms with van der Waals surface area (Å²) in [4.78, 5) is 0. The Kier molecular flexibility index (Phi) is 6.35. The van der Waals surface area contributed by atoms with Crippen LogP contribution in [0.3, 0.4) is 0 Å². The second-order valence-corrected chi connectivity index (χ2v) is 6.82. The number of ether oxygens (including phenoxy) is 1. The maximum atomic E-state index is 12.1. The van der Waals surface area contributed by atoms with Crippen molar-refractivity contribution >= 4 is 9.84 Å². The number of alkyl halides is 2. The van der Waals surface area contributed by atoms with Crippen LogP contribution in [0.15, 0.2) is 24.3 Å². The Labute approximate surface area is 117 Å². The minimum atomic E-state index is -3.06. The molecule has 1 unspecified atom stereocenters. The Balaban J connectivity index is 2.57. The Hall–Kier alpha value is -1.21. The number of aliphatic hydroxyl groups excluding tert-OH is 1. The highest BCUT2D eigenvalue weighted by Crippen LogP contribution is 2.23. The van der Waals surface area contributed by atoms with Gasteiger partial charge in [0.25, 0.3) is 0 Å². The van der Waals surface area contributed by atoms with Gasteiger partial charge in [0.15, 0.2) is 0 Å². The molecule has 0 heterocycles. The molecule has 1 N–H and O–H groups in total. The highest BCUT2D eigenvalue weighted by Gasteiger charge is 2.13. The summed E-state index contributed by atoms with van der Waals surface area (Å²) in [7, 11) is -3.06. The van der Waals surface area contributed by atoms with Crippen LogP contribution in [0.4, 0.5) is 8.78 Å². The third-order valence-corrected chi connectivity index (χ3v) is 4.63. The average molecular weight is 308 g/mol. The molecule has 1 aromatic carbocycles. The van der Waals surface area contributed by atoms with E-state index >= 15 is 0 Å². The lowest BCUT2D eigenvalue weighted by Gasteiger charge is -2.12. The first kappa shape index (κ1) is 16.8. The molecule has 4 nitrogen and oxygen atoms in total. The lowest BCUT2D eigenvalue weighted by Crippen LogP contribution is -2.10. The van der Waals surface area contributed by atoms with Crippen molar-refractivity contribution < 1.29 is 27.0 Å².